The van der Waals surface area contributed by atoms with Gasteiger partial charge in [0.05, 0.1) is 11.4 Å². The first-order valence-electron chi connectivity index (χ1n) is 9.56. The Bertz CT molecular complexity index is 1130. The summed E-state index contributed by atoms with van der Waals surface area (Å²) in [5.41, 5.74) is 2.97. The number of nitrogens with zero attached hydrogens (tertiary/aromatic N) is 4. The molecule has 0 unspecified atom stereocenters. The number of hydrogen-bond donors (Lipinski definition) is 1. The lowest BCUT2D eigenvalue weighted by Crippen LogP contribution is -2.14. The van der Waals surface area contributed by atoms with Crippen molar-refractivity contribution >= 4 is 45.5 Å². The number of carbonyl (C=O) groups excluding carboxylic acids is 1. The first-order valence-corrected chi connectivity index (χ1v) is 12.3. The molecule has 30 heavy (non-hydrogen) atoms. The van der Waals surface area contributed by atoms with Crippen LogP contribution in [-0.4, -0.2) is 31.4 Å². The van der Waals surface area contributed by atoms with Crippen molar-refractivity contribution in [3.05, 3.63) is 52.0 Å². The first-order chi connectivity index (χ1) is 14.6. The van der Waals surface area contributed by atoms with Gasteiger partial charge in [0, 0.05) is 33.3 Å². The largest absolute Gasteiger partial charge is 0.302 e. The minimum absolute atomic E-state index is 0.104. The van der Waals surface area contributed by atoms with E-state index >= 15 is 0 Å². The fourth-order valence-electron chi connectivity index (χ4n) is 2.95. The van der Waals surface area contributed by atoms with Gasteiger partial charge in [0.2, 0.25) is 5.91 Å². The molecule has 154 valence electrons. The second-order valence-corrected chi connectivity index (χ2v) is 9.56. The molecule has 1 amide bonds. The van der Waals surface area contributed by atoms with E-state index in [1.807, 2.05) is 35.7 Å². The molecule has 0 atom stereocenters. The standard InChI is InChI=1S/C21H21N5OS3/c1-3-9-26-19(16-10-14(2)28-11-16)24-25-21(26)30-13-18(27)23-20-22-17(12-29-20)15-7-5-4-6-8-15/h4-8,10-12H,3,9,13H2,1-2H3,(H,22,23,27). The molecule has 6 nitrogen and oxygen atoms in total. The summed E-state index contributed by atoms with van der Waals surface area (Å²) in [6, 6.07) is 12.0. The number of aromatic nitrogens is 4. The molecular formula is C21H21N5OS3. The number of benzene rings is 1. The molecule has 3 aromatic heterocycles. The minimum Gasteiger partial charge on any atom is -0.302 e. The molecule has 0 radical (unpaired) electrons. The summed E-state index contributed by atoms with van der Waals surface area (Å²) in [4.78, 5) is 18.2. The molecule has 9 heteroatoms. The average molecular weight is 456 g/mol. The highest BCUT2D eigenvalue weighted by molar-refractivity contribution is 7.99. The van der Waals surface area contributed by atoms with Crippen molar-refractivity contribution in [1.82, 2.24) is 19.7 Å². The van der Waals surface area contributed by atoms with Gasteiger partial charge in [-0.05, 0) is 19.4 Å². The number of aryl methyl sites for hydroxylation is 1. The number of carbonyl (C=O) groups is 1. The van der Waals surface area contributed by atoms with E-state index < -0.39 is 0 Å². The summed E-state index contributed by atoms with van der Waals surface area (Å²) in [7, 11) is 0. The zero-order valence-corrected chi connectivity index (χ0v) is 19.1. The van der Waals surface area contributed by atoms with E-state index in [4.69, 9.17) is 0 Å². The van der Waals surface area contributed by atoms with Gasteiger partial charge in [-0.15, -0.1) is 32.9 Å². The van der Waals surface area contributed by atoms with Gasteiger partial charge in [-0.1, -0.05) is 49.0 Å². The maximum atomic E-state index is 12.5. The maximum Gasteiger partial charge on any atom is 0.236 e. The van der Waals surface area contributed by atoms with E-state index in [1.54, 1.807) is 11.3 Å². The highest BCUT2D eigenvalue weighted by Crippen LogP contribution is 2.28. The number of anilines is 1. The van der Waals surface area contributed by atoms with Crippen molar-refractivity contribution in [1.29, 1.82) is 0 Å². The van der Waals surface area contributed by atoms with Gasteiger partial charge in [0.15, 0.2) is 16.1 Å². The molecule has 4 aromatic rings. The SMILES string of the molecule is CCCn1c(SCC(=O)Nc2nc(-c3ccccc3)cs2)nnc1-c1csc(C)c1. The van der Waals surface area contributed by atoms with Crippen molar-refractivity contribution in [2.24, 2.45) is 0 Å². The molecule has 0 saturated heterocycles. The normalized spacial score (nSPS) is 11.0. The van der Waals surface area contributed by atoms with Crippen LogP contribution in [0.2, 0.25) is 0 Å². The molecule has 0 spiro atoms. The van der Waals surface area contributed by atoms with E-state index in [1.165, 1.54) is 28.0 Å². The van der Waals surface area contributed by atoms with E-state index in [0.717, 1.165) is 40.8 Å². The molecule has 0 aliphatic rings. The number of hydrogen-bond acceptors (Lipinski definition) is 7. The predicted octanol–water partition coefficient (Wildman–Crippen LogP) is 5.58. The molecule has 0 aliphatic carbocycles. The van der Waals surface area contributed by atoms with Gasteiger partial charge in [-0.3, -0.25) is 4.79 Å². The molecule has 0 bridgehead atoms. The molecule has 3 heterocycles. The lowest BCUT2D eigenvalue weighted by molar-refractivity contribution is -0.113. The number of amides is 1. The van der Waals surface area contributed by atoms with Gasteiger partial charge in [-0.2, -0.15) is 0 Å². The fraction of sp³-hybridized carbons (Fsp3) is 0.238. The van der Waals surface area contributed by atoms with Crippen molar-refractivity contribution in [3.63, 3.8) is 0 Å². The van der Waals surface area contributed by atoms with Crippen LogP contribution < -0.4 is 5.32 Å². The third-order valence-electron chi connectivity index (χ3n) is 4.31. The molecule has 0 fully saturated rings. The molecule has 0 aliphatic heterocycles. The molecule has 0 saturated carbocycles. The Morgan fingerprint density at radius 1 is 1.13 bits per heavy atom. The minimum atomic E-state index is -0.104. The van der Waals surface area contributed by atoms with Crippen LogP contribution in [0, 0.1) is 6.92 Å². The molecular weight excluding hydrogens is 434 g/mol. The fourth-order valence-corrected chi connectivity index (χ4v) is 5.13. The van der Waals surface area contributed by atoms with Crippen LogP contribution in [0.15, 0.2) is 52.3 Å². The van der Waals surface area contributed by atoms with Crippen LogP contribution in [0.25, 0.3) is 22.6 Å². The van der Waals surface area contributed by atoms with Gasteiger partial charge >= 0.3 is 0 Å². The van der Waals surface area contributed by atoms with Gasteiger partial charge in [0.1, 0.15) is 0 Å². The van der Waals surface area contributed by atoms with Crippen molar-refractivity contribution in [2.45, 2.75) is 32.0 Å². The van der Waals surface area contributed by atoms with Crippen molar-refractivity contribution in [2.75, 3.05) is 11.1 Å². The van der Waals surface area contributed by atoms with Crippen molar-refractivity contribution < 1.29 is 4.79 Å². The Morgan fingerprint density at radius 2 is 1.97 bits per heavy atom. The van der Waals surface area contributed by atoms with Crippen LogP contribution >= 0.6 is 34.4 Å². The summed E-state index contributed by atoms with van der Waals surface area (Å²) in [6.45, 7) is 5.02. The zero-order valence-electron chi connectivity index (χ0n) is 16.7. The van der Waals surface area contributed by atoms with E-state index in [9.17, 15) is 4.79 Å². The number of thiophene rings is 1. The average Bonchev–Trinajstić information content (AvgIpc) is 3.48. The van der Waals surface area contributed by atoms with E-state index in [2.05, 4.69) is 50.4 Å². The van der Waals surface area contributed by atoms with Gasteiger partial charge in [-0.25, -0.2) is 4.98 Å². The van der Waals surface area contributed by atoms with E-state index in [0.29, 0.717) is 5.13 Å². The number of thioether (sulfide) groups is 1. The zero-order chi connectivity index (χ0) is 20.9. The second-order valence-electron chi connectivity index (χ2n) is 6.64. The summed E-state index contributed by atoms with van der Waals surface area (Å²) < 4.78 is 2.09. The number of rotatable bonds is 8. The highest BCUT2D eigenvalue weighted by atomic mass is 32.2. The second kappa shape index (κ2) is 9.55. The van der Waals surface area contributed by atoms with E-state index in [-0.39, 0.29) is 11.7 Å². The summed E-state index contributed by atoms with van der Waals surface area (Å²) >= 11 is 4.52. The lowest BCUT2D eigenvalue weighted by Gasteiger charge is -2.07. The smallest absolute Gasteiger partial charge is 0.236 e. The van der Waals surface area contributed by atoms with Crippen LogP contribution in [0.5, 0.6) is 0 Å². The lowest BCUT2D eigenvalue weighted by atomic mass is 10.2. The number of nitrogens with one attached hydrogen (secondary N) is 1. The Balaban J connectivity index is 1.40. The summed E-state index contributed by atoms with van der Waals surface area (Å²) in [5, 5.41) is 17.0. The molecule has 4 rings (SSSR count). The first kappa shape index (κ1) is 20.8. The van der Waals surface area contributed by atoms with Crippen LogP contribution in [0.3, 0.4) is 0 Å². The van der Waals surface area contributed by atoms with Crippen molar-refractivity contribution in [3.8, 4) is 22.6 Å². The number of thiazole rings is 1. The van der Waals surface area contributed by atoms with Crippen LogP contribution in [-0.2, 0) is 11.3 Å². The monoisotopic (exact) mass is 455 g/mol. The van der Waals surface area contributed by atoms with Gasteiger partial charge < -0.3 is 9.88 Å². The Kier molecular flexibility index (Phi) is 6.61. The molecule has 1 aromatic carbocycles. The maximum absolute atomic E-state index is 12.5. The van der Waals surface area contributed by atoms with Crippen LogP contribution in [0.4, 0.5) is 5.13 Å². The Hall–Kier alpha value is -2.49. The van der Waals surface area contributed by atoms with Gasteiger partial charge in [0.25, 0.3) is 0 Å². The summed E-state index contributed by atoms with van der Waals surface area (Å²) in [5.74, 6) is 1.01. The third-order valence-corrected chi connectivity index (χ3v) is 6.89. The summed E-state index contributed by atoms with van der Waals surface area (Å²) in [6.07, 6.45) is 0.968. The molecule has 1 N–H and O–H groups in total. The van der Waals surface area contributed by atoms with Crippen LogP contribution in [0.1, 0.15) is 18.2 Å². The topological polar surface area (TPSA) is 72.7 Å². The Labute approximate surface area is 187 Å². The quantitative estimate of drug-likeness (QED) is 0.351. The third kappa shape index (κ3) is 4.80. The predicted molar refractivity (Wildman–Crippen MR) is 125 cm³/mol. The highest BCUT2D eigenvalue weighted by Gasteiger charge is 2.16. The Morgan fingerprint density at radius 3 is 2.70 bits per heavy atom.